The summed E-state index contributed by atoms with van der Waals surface area (Å²) in [5.74, 6) is -2.90. The maximum absolute atomic E-state index is 13.6. The molecule has 3 nitrogen and oxygen atoms in total. The van der Waals surface area contributed by atoms with Crippen molar-refractivity contribution in [3.05, 3.63) is 70.8 Å². The highest BCUT2D eigenvalue weighted by Crippen LogP contribution is 2.30. The standard InChI is InChI=1S/C19H18F5NO2/c1-11(7-12-3-2-4-13(8-12)19(22,23)24)18(27)25-10-17(26)15-6-5-14(20)9-16(15)21/h2-6,8-9,11,17,26H,7,10H2,1H3,(H,25,27)/t11-,17-/m1/s1. The lowest BCUT2D eigenvalue weighted by molar-refractivity contribution is -0.137. The first-order chi connectivity index (χ1) is 12.6. The highest BCUT2D eigenvalue weighted by atomic mass is 19.4. The van der Waals surface area contributed by atoms with Gasteiger partial charge in [0.25, 0.3) is 0 Å². The van der Waals surface area contributed by atoms with Crippen molar-refractivity contribution in [3.63, 3.8) is 0 Å². The molecule has 0 saturated carbocycles. The summed E-state index contributed by atoms with van der Waals surface area (Å²) >= 11 is 0. The van der Waals surface area contributed by atoms with Crippen molar-refractivity contribution in [2.24, 2.45) is 5.92 Å². The Kier molecular flexibility index (Phi) is 6.54. The minimum absolute atomic E-state index is 0.0662. The molecule has 0 heterocycles. The monoisotopic (exact) mass is 387 g/mol. The third kappa shape index (κ3) is 5.75. The second kappa shape index (κ2) is 8.47. The Hall–Kier alpha value is -2.48. The van der Waals surface area contributed by atoms with E-state index in [2.05, 4.69) is 5.32 Å². The largest absolute Gasteiger partial charge is 0.416 e. The van der Waals surface area contributed by atoms with Crippen LogP contribution in [0.25, 0.3) is 0 Å². The fourth-order valence-electron chi connectivity index (χ4n) is 2.57. The first kappa shape index (κ1) is 20.8. The lowest BCUT2D eigenvalue weighted by Gasteiger charge is -2.16. The second-order valence-electron chi connectivity index (χ2n) is 6.23. The van der Waals surface area contributed by atoms with Crippen LogP contribution < -0.4 is 5.32 Å². The Morgan fingerprint density at radius 1 is 1.15 bits per heavy atom. The zero-order valence-electron chi connectivity index (χ0n) is 14.4. The summed E-state index contributed by atoms with van der Waals surface area (Å²) in [6, 6.07) is 7.36. The van der Waals surface area contributed by atoms with Crippen LogP contribution in [-0.2, 0) is 17.4 Å². The van der Waals surface area contributed by atoms with Gasteiger partial charge in [-0.05, 0) is 24.1 Å². The van der Waals surface area contributed by atoms with E-state index >= 15 is 0 Å². The minimum Gasteiger partial charge on any atom is -0.386 e. The summed E-state index contributed by atoms with van der Waals surface area (Å²) in [5.41, 5.74) is -0.616. The van der Waals surface area contributed by atoms with E-state index in [1.165, 1.54) is 19.1 Å². The lowest BCUT2D eigenvalue weighted by Crippen LogP contribution is -2.33. The highest BCUT2D eigenvalue weighted by molar-refractivity contribution is 5.78. The molecule has 0 radical (unpaired) electrons. The Morgan fingerprint density at radius 3 is 2.48 bits per heavy atom. The molecule has 1 amide bonds. The van der Waals surface area contributed by atoms with Gasteiger partial charge in [0.15, 0.2) is 0 Å². The van der Waals surface area contributed by atoms with Crippen LogP contribution in [0.3, 0.4) is 0 Å². The van der Waals surface area contributed by atoms with E-state index < -0.39 is 41.3 Å². The van der Waals surface area contributed by atoms with Crippen molar-refractivity contribution in [3.8, 4) is 0 Å². The number of alkyl halides is 3. The van der Waals surface area contributed by atoms with Crippen molar-refractivity contribution in [1.82, 2.24) is 5.32 Å². The van der Waals surface area contributed by atoms with E-state index in [4.69, 9.17) is 0 Å². The fraction of sp³-hybridized carbons (Fsp3) is 0.316. The van der Waals surface area contributed by atoms with Gasteiger partial charge in [-0.1, -0.05) is 31.2 Å². The van der Waals surface area contributed by atoms with Crippen LogP contribution in [0.15, 0.2) is 42.5 Å². The van der Waals surface area contributed by atoms with Crippen molar-refractivity contribution < 1.29 is 31.9 Å². The molecule has 27 heavy (non-hydrogen) atoms. The second-order valence-corrected chi connectivity index (χ2v) is 6.23. The van der Waals surface area contributed by atoms with Crippen molar-refractivity contribution in [2.75, 3.05) is 6.54 Å². The average molecular weight is 387 g/mol. The summed E-state index contributed by atoms with van der Waals surface area (Å²) in [7, 11) is 0. The van der Waals surface area contributed by atoms with Gasteiger partial charge in [0.2, 0.25) is 5.91 Å². The number of rotatable bonds is 6. The molecule has 0 aliphatic heterocycles. The molecule has 0 saturated heterocycles. The number of aliphatic hydroxyl groups is 1. The Morgan fingerprint density at radius 2 is 1.85 bits per heavy atom. The van der Waals surface area contributed by atoms with Gasteiger partial charge in [0, 0.05) is 24.1 Å². The zero-order chi connectivity index (χ0) is 20.2. The lowest BCUT2D eigenvalue weighted by atomic mass is 9.98. The van der Waals surface area contributed by atoms with Gasteiger partial charge in [-0.25, -0.2) is 8.78 Å². The van der Waals surface area contributed by atoms with Crippen LogP contribution in [0.4, 0.5) is 22.0 Å². The maximum Gasteiger partial charge on any atom is 0.416 e. The normalized spacial score (nSPS) is 13.9. The molecule has 2 atom stereocenters. The number of benzene rings is 2. The molecule has 0 spiro atoms. The molecule has 0 bridgehead atoms. The van der Waals surface area contributed by atoms with Crippen LogP contribution >= 0.6 is 0 Å². The molecule has 2 aromatic rings. The van der Waals surface area contributed by atoms with E-state index in [9.17, 15) is 31.9 Å². The first-order valence-electron chi connectivity index (χ1n) is 8.14. The Labute approximate surface area is 152 Å². The quantitative estimate of drug-likeness (QED) is 0.736. The number of amides is 1. The van der Waals surface area contributed by atoms with Gasteiger partial charge in [-0.15, -0.1) is 0 Å². The van der Waals surface area contributed by atoms with E-state index in [-0.39, 0.29) is 18.5 Å². The van der Waals surface area contributed by atoms with Crippen LogP contribution in [-0.4, -0.2) is 17.6 Å². The average Bonchev–Trinajstić information content (AvgIpc) is 2.58. The predicted molar refractivity (Wildman–Crippen MR) is 88.6 cm³/mol. The van der Waals surface area contributed by atoms with E-state index in [1.54, 1.807) is 0 Å². The number of carbonyl (C=O) groups excluding carboxylic acids is 1. The molecular formula is C19H18F5NO2. The van der Waals surface area contributed by atoms with Gasteiger partial charge in [0.05, 0.1) is 11.7 Å². The molecule has 0 aliphatic rings. The van der Waals surface area contributed by atoms with Crippen LogP contribution in [0, 0.1) is 17.6 Å². The third-order valence-electron chi connectivity index (χ3n) is 4.03. The highest BCUT2D eigenvalue weighted by Gasteiger charge is 2.30. The van der Waals surface area contributed by atoms with Gasteiger partial charge in [-0.3, -0.25) is 4.79 Å². The number of carbonyl (C=O) groups is 1. The van der Waals surface area contributed by atoms with Crippen LogP contribution in [0.5, 0.6) is 0 Å². The summed E-state index contributed by atoms with van der Waals surface area (Å²) < 4.78 is 64.7. The summed E-state index contributed by atoms with van der Waals surface area (Å²) in [6.45, 7) is 1.22. The molecular weight excluding hydrogens is 369 g/mol. The summed E-state index contributed by atoms with van der Waals surface area (Å²) in [5, 5.41) is 12.4. The molecule has 8 heteroatoms. The van der Waals surface area contributed by atoms with Crippen LogP contribution in [0.2, 0.25) is 0 Å². The molecule has 0 fully saturated rings. The first-order valence-corrected chi connectivity index (χ1v) is 8.14. The van der Waals surface area contributed by atoms with Crippen molar-refractivity contribution in [1.29, 1.82) is 0 Å². The summed E-state index contributed by atoms with van der Waals surface area (Å²) in [6.07, 6.45) is -5.78. The topological polar surface area (TPSA) is 49.3 Å². The summed E-state index contributed by atoms with van der Waals surface area (Å²) in [4.78, 5) is 12.1. The smallest absolute Gasteiger partial charge is 0.386 e. The molecule has 2 rings (SSSR count). The maximum atomic E-state index is 13.6. The van der Waals surface area contributed by atoms with E-state index in [0.29, 0.717) is 11.6 Å². The van der Waals surface area contributed by atoms with Gasteiger partial charge < -0.3 is 10.4 Å². The number of hydrogen-bond donors (Lipinski definition) is 2. The van der Waals surface area contributed by atoms with E-state index in [0.717, 1.165) is 24.3 Å². The molecule has 0 unspecified atom stereocenters. The van der Waals surface area contributed by atoms with Gasteiger partial charge in [-0.2, -0.15) is 13.2 Å². The SMILES string of the molecule is C[C@H](Cc1cccc(C(F)(F)F)c1)C(=O)NC[C@@H](O)c1ccc(F)cc1F. The van der Waals surface area contributed by atoms with E-state index in [1.807, 2.05) is 0 Å². The number of aliphatic hydroxyl groups excluding tert-OH is 1. The molecule has 0 aliphatic carbocycles. The van der Waals surface area contributed by atoms with Gasteiger partial charge in [0.1, 0.15) is 11.6 Å². The molecule has 0 aromatic heterocycles. The Balaban J connectivity index is 1.94. The predicted octanol–water partition coefficient (Wildman–Crippen LogP) is 4.01. The minimum atomic E-state index is -4.47. The van der Waals surface area contributed by atoms with Crippen LogP contribution in [0.1, 0.15) is 29.7 Å². The third-order valence-corrected chi connectivity index (χ3v) is 4.03. The number of halogens is 5. The number of hydrogen-bond acceptors (Lipinski definition) is 2. The Bertz CT molecular complexity index is 807. The van der Waals surface area contributed by atoms with Crippen molar-refractivity contribution in [2.45, 2.75) is 25.6 Å². The fourth-order valence-corrected chi connectivity index (χ4v) is 2.57. The van der Waals surface area contributed by atoms with Gasteiger partial charge >= 0.3 is 6.18 Å². The number of nitrogens with one attached hydrogen (secondary N) is 1. The molecule has 2 N–H and O–H groups in total. The zero-order valence-corrected chi connectivity index (χ0v) is 14.4. The molecule has 2 aromatic carbocycles. The van der Waals surface area contributed by atoms with Crippen molar-refractivity contribution >= 4 is 5.91 Å². The molecule has 146 valence electrons.